The first-order chi connectivity index (χ1) is 7.47. The van der Waals surface area contributed by atoms with Gasteiger partial charge < -0.3 is 0 Å². The number of hydrogen-bond donors (Lipinski definition) is 1. The fourth-order valence-electron chi connectivity index (χ4n) is 1.08. The number of nitrogens with one attached hydrogen (secondary N) is 1. The van der Waals surface area contributed by atoms with Crippen LogP contribution in [0.2, 0.25) is 0 Å². The fourth-order valence-corrected chi connectivity index (χ4v) is 4.59. The highest BCUT2D eigenvalue weighted by molar-refractivity contribution is 9.11. The van der Waals surface area contributed by atoms with Crippen molar-refractivity contribution in [1.29, 1.82) is 0 Å². The topological polar surface area (TPSA) is 46.2 Å². The number of sulfonamides is 1. The van der Waals surface area contributed by atoms with Crippen LogP contribution in [-0.4, -0.2) is 20.8 Å². The maximum atomic E-state index is 11.8. The second-order valence-electron chi connectivity index (χ2n) is 2.95. The lowest BCUT2D eigenvalue weighted by atomic mass is 10.5. The molecule has 1 heterocycles. The summed E-state index contributed by atoms with van der Waals surface area (Å²) < 4.78 is 27.0. The van der Waals surface area contributed by atoms with Gasteiger partial charge in [0.05, 0.1) is 8.68 Å². The van der Waals surface area contributed by atoms with E-state index in [4.69, 9.17) is 11.6 Å². The molecular formula is C9H11BrClNO2S2. The molecule has 7 heteroatoms. The van der Waals surface area contributed by atoms with Gasteiger partial charge in [-0.05, 0) is 28.9 Å². The first-order valence-corrected chi connectivity index (χ1v) is 8.06. The second-order valence-corrected chi connectivity index (χ2v) is 7.63. The van der Waals surface area contributed by atoms with Crippen LogP contribution in [0.4, 0.5) is 0 Å². The van der Waals surface area contributed by atoms with Crippen LogP contribution in [-0.2, 0) is 10.0 Å². The van der Waals surface area contributed by atoms with Gasteiger partial charge in [-0.15, -0.1) is 22.9 Å². The number of rotatable bonds is 5. The Balaban J connectivity index is 2.78. The second kappa shape index (κ2) is 6.16. The SMILES string of the molecule is Cc1sc(Br)cc1S(=O)(=O)NC/C=C/CCl. The molecule has 1 N–H and O–H groups in total. The van der Waals surface area contributed by atoms with Crippen molar-refractivity contribution in [2.24, 2.45) is 0 Å². The van der Waals surface area contributed by atoms with Gasteiger partial charge in [-0.2, -0.15) is 0 Å². The van der Waals surface area contributed by atoms with E-state index in [1.54, 1.807) is 25.1 Å². The summed E-state index contributed by atoms with van der Waals surface area (Å²) in [6, 6.07) is 1.60. The monoisotopic (exact) mass is 343 g/mol. The van der Waals surface area contributed by atoms with Crippen LogP contribution in [0, 0.1) is 6.92 Å². The quantitative estimate of drug-likeness (QED) is 0.659. The van der Waals surface area contributed by atoms with E-state index in [9.17, 15) is 8.42 Å². The lowest BCUT2D eigenvalue weighted by Gasteiger charge is -2.02. The third-order valence-corrected chi connectivity index (χ3v) is 5.19. The zero-order chi connectivity index (χ0) is 12.2. The van der Waals surface area contributed by atoms with Crippen molar-refractivity contribution < 1.29 is 8.42 Å². The molecule has 0 aliphatic rings. The van der Waals surface area contributed by atoms with Gasteiger partial charge in [-0.3, -0.25) is 0 Å². The highest BCUT2D eigenvalue weighted by Gasteiger charge is 2.18. The van der Waals surface area contributed by atoms with Gasteiger partial charge in [0.1, 0.15) is 0 Å². The molecule has 0 saturated carbocycles. The minimum atomic E-state index is -3.41. The average Bonchev–Trinajstić information content (AvgIpc) is 2.53. The highest BCUT2D eigenvalue weighted by atomic mass is 79.9. The van der Waals surface area contributed by atoms with Gasteiger partial charge in [-0.25, -0.2) is 13.1 Å². The smallest absolute Gasteiger partial charge is 0.207 e. The lowest BCUT2D eigenvalue weighted by molar-refractivity contribution is 0.585. The molecule has 0 radical (unpaired) electrons. The van der Waals surface area contributed by atoms with Gasteiger partial charge in [0.2, 0.25) is 10.0 Å². The van der Waals surface area contributed by atoms with Gasteiger partial charge >= 0.3 is 0 Å². The van der Waals surface area contributed by atoms with Crippen LogP contribution in [0.15, 0.2) is 26.9 Å². The summed E-state index contributed by atoms with van der Waals surface area (Å²) >= 11 is 10.1. The maximum absolute atomic E-state index is 11.8. The van der Waals surface area contributed by atoms with E-state index in [1.165, 1.54) is 11.3 Å². The van der Waals surface area contributed by atoms with E-state index < -0.39 is 10.0 Å². The average molecular weight is 345 g/mol. The Morgan fingerprint density at radius 3 is 2.75 bits per heavy atom. The van der Waals surface area contributed by atoms with E-state index in [0.717, 1.165) is 8.66 Å². The molecular weight excluding hydrogens is 334 g/mol. The number of alkyl halides is 1. The molecule has 0 amide bonds. The number of aryl methyl sites for hydroxylation is 1. The number of allylic oxidation sites excluding steroid dienone is 1. The summed E-state index contributed by atoms with van der Waals surface area (Å²) in [6.45, 7) is 2.03. The molecule has 1 rings (SSSR count). The van der Waals surface area contributed by atoms with Gasteiger partial charge in [0.15, 0.2) is 0 Å². The van der Waals surface area contributed by atoms with Crippen molar-refractivity contribution in [3.05, 3.63) is 26.9 Å². The zero-order valence-electron chi connectivity index (χ0n) is 8.54. The standard InChI is InChI=1S/C9H11BrClNO2S2/c1-7-8(6-9(10)15-7)16(13,14)12-5-3-2-4-11/h2-3,6,12H,4-5H2,1H3/b3-2+. The maximum Gasteiger partial charge on any atom is 0.241 e. The van der Waals surface area contributed by atoms with E-state index >= 15 is 0 Å². The molecule has 0 spiro atoms. The summed E-state index contributed by atoms with van der Waals surface area (Å²) in [7, 11) is -3.41. The molecule has 0 atom stereocenters. The third kappa shape index (κ3) is 3.85. The Labute approximate surface area is 113 Å². The predicted octanol–water partition coefficient (Wildman–Crippen LogP) is 2.89. The van der Waals surface area contributed by atoms with Crippen LogP contribution in [0.1, 0.15) is 4.88 Å². The lowest BCUT2D eigenvalue weighted by Crippen LogP contribution is -2.23. The predicted molar refractivity (Wildman–Crippen MR) is 71.8 cm³/mol. The molecule has 0 aromatic carbocycles. The van der Waals surface area contributed by atoms with Crippen LogP contribution in [0.5, 0.6) is 0 Å². The Bertz CT molecular complexity index is 482. The molecule has 0 aliphatic carbocycles. The number of halogens is 2. The molecule has 16 heavy (non-hydrogen) atoms. The van der Waals surface area contributed by atoms with E-state index in [1.807, 2.05) is 0 Å². The van der Waals surface area contributed by atoms with Crippen LogP contribution < -0.4 is 4.72 Å². The van der Waals surface area contributed by atoms with Crippen molar-refractivity contribution in [3.63, 3.8) is 0 Å². The third-order valence-electron chi connectivity index (χ3n) is 1.78. The molecule has 0 unspecified atom stereocenters. The fraction of sp³-hybridized carbons (Fsp3) is 0.333. The molecule has 0 aliphatic heterocycles. The molecule has 3 nitrogen and oxygen atoms in total. The van der Waals surface area contributed by atoms with Crippen molar-refractivity contribution in [3.8, 4) is 0 Å². The number of thiophene rings is 1. The van der Waals surface area contributed by atoms with Gasteiger partial charge in [0, 0.05) is 17.3 Å². The van der Waals surface area contributed by atoms with Crippen molar-refractivity contribution in [1.82, 2.24) is 4.72 Å². The summed E-state index contributed by atoms with van der Waals surface area (Å²) in [4.78, 5) is 1.09. The Kier molecular flexibility index (Phi) is 5.46. The molecule has 0 saturated heterocycles. The molecule has 0 bridgehead atoms. The summed E-state index contributed by atoms with van der Waals surface area (Å²) in [5, 5.41) is 0. The largest absolute Gasteiger partial charge is 0.241 e. The molecule has 1 aromatic rings. The zero-order valence-corrected chi connectivity index (χ0v) is 12.5. The van der Waals surface area contributed by atoms with E-state index in [-0.39, 0.29) is 6.54 Å². The van der Waals surface area contributed by atoms with Crippen LogP contribution >= 0.6 is 38.9 Å². The van der Waals surface area contributed by atoms with Crippen LogP contribution in [0.25, 0.3) is 0 Å². The first kappa shape index (κ1) is 14.2. The van der Waals surface area contributed by atoms with Crippen LogP contribution in [0.3, 0.4) is 0 Å². The first-order valence-electron chi connectivity index (χ1n) is 4.44. The Morgan fingerprint density at radius 2 is 2.25 bits per heavy atom. The van der Waals surface area contributed by atoms with Crippen molar-refractivity contribution in [2.75, 3.05) is 12.4 Å². The Morgan fingerprint density at radius 1 is 1.56 bits per heavy atom. The minimum Gasteiger partial charge on any atom is -0.207 e. The molecule has 1 aromatic heterocycles. The molecule has 90 valence electrons. The van der Waals surface area contributed by atoms with Gasteiger partial charge in [0.25, 0.3) is 0 Å². The van der Waals surface area contributed by atoms with E-state index in [2.05, 4.69) is 20.7 Å². The highest BCUT2D eigenvalue weighted by Crippen LogP contribution is 2.29. The summed E-state index contributed by atoms with van der Waals surface area (Å²) in [5.41, 5.74) is 0. The van der Waals surface area contributed by atoms with Gasteiger partial charge in [-0.1, -0.05) is 12.2 Å². The van der Waals surface area contributed by atoms with Crippen molar-refractivity contribution >= 4 is 48.9 Å². The van der Waals surface area contributed by atoms with Crippen molar-refractivity contribution in [2.45, 2.75) is 11.8 Å². The minimum absolute atomic E-state index is 0.252. The van der Waals surface area contributed by atoms with E-state index in [0.29, 0.717) is 10.8 Å². The number of hydrogen-bond acceptors (Lipinski definition) is 3. The normalized spacial score (nSPS) is 12.4. The summed E-state index contributed by atoms with van der Waals surface area (Å²) in [5.74, 6) is 0.380. The Hall–Kier alpha value is 0.120. The molecule has 0 fully saturated rings. The summed E-state index contributed by atoms with van der Waals surface area (Å²) in [6.07, 6.45) is 3.38.